The van der Waals surface area contributed by atoms with Crippen molar-refractivity contribution in [2.24, 2.45) is 5.92 Å². The molecule has 1 aliphatic rings. The number of amides is 2. The van der Waals surface area contributed by atoms with Gasteiger partial charge < -0.3 is 20.1 Å². The van der Waals surface area contributed by atoms with Crippen molar-refractivity contribution >= 4 is 23.7 Å². The van der Waals surface area contributed by atoms with E-state index in [1.54, 1.807) is 13.8 Å². The minimum Gasteiger partial charge on any atom is -0.481 e. The molecule has 2 amide bonds. The molecule has 1 saturated heterocycles. The standard InChI is InChI=1S/C17H21FN2O5/c1-3-25-16(23)12-8-14(13(18)7-10(12)2)19-17(24)20-6-4-5-11(9-20)15(21)22/h7-8,11H,3-6,9H2,1-2H3,(H,19,24)(H,21,22). The summed E-state index contributed by atoms with van der Waals surface area (Å²) < 4.78 is 19.0. The number of halogens is 1. The Morgan fingerprint density at radius 3 is 2.76 bits per heavy atom. The van der Waals surface area contributed by atoms with Crippen LogP contribution < -0.4 is 5.32 Å². The third kappa shape index (κ3) is 4.46. The quantitative estimate of drug-likeness (QED) is 0.812. The Kier molecular flexibility index (Phi) is 5.95. The average Bonchev–Trinajstić information content (AvgIpc) is 2.57. The molecule has 8 heteroatoms. The van der Waals surface area contributed by atoms with E-state index < -0.39 is 29.7 Å². The second-order valence-electron chi connectivity index (χ2n) is 5.92. The number of carboxylic acids is 1. The molecule has 1 fully saturated rings. The van der Waals surface area contributed by atoms with Crippen molar-refractivity contribution < 1.29 is 28.6 Å². The summed E-state index contributed by atoms with van der Waals surface area (Å²) in [7, 11) is 0. The number of rotatable bonds is 4. The first-order valence-electron chi connectivity index (χ1n) is 8.09. The van der Waals surface area contributed by atoms with Crippen LogP contribution in [-0.2, 0) is 9.53 Å². The molecule has 0 saturated carbocycles. The molecule has 25 heavy (non-hydrogen) atoms. The zero-order valence-electron chi connectivity index (χ0n) is 14.2. The maximum Gasteiger partial charge on any atom is 0.338 e. The Balaban J connectivity index is 2.16. The molecule has 0 spiro atoms. The van der Waals surface area contributed by atoms with E-state index in [1.807, 2.05) is 0 Å². The number of anilines is 1. The van der Waals surface area contributed by atoms with Gasteiger partial charge in [-0.3, -0.25) is 4.79 Å². The Bertz CT molecular complexity index is 692. The maximum atomic E-state index is 14.1. The fraction of sp³-hybridized carbons (Fsp3) is 0.471. The molecule has 1 aliphatic heterocycles. The van der Waals surface area contributed by atoms with Crippen molar-refractivity contribution in [1.82, 2.24) is 4.90 Å². The highest BCUT2D eigenvalue weighted by Crippen LogP contribution is 2.23. The third-order valence-corrected chi connectivity index (χ3v) is 4.11. The topological polar surface area (TPSA) is 95.9 Å². The summed E-state index contributed by atoms with van der Waals surface area (Å²) in [5, 5.41) is 11.5. The molecule has 1 atom stereocenters. The van der Waals surface area contributed by atoms with Gasteiger partial charge in [0, 0.05) is 13.1 Å². The number of carboxylic acid groups (broad SMARTS) is 1. The predicted octanol–water partition coefficient (Wildman–Crippen LogP) is 2.64. The molecule has 2 rings (SSSR count). The highest BCUT2D eigenvalue weighted by molar-refractivity contribution is 5.95. The van der Waals surface area contributed by atoms with Gasteiger partial charge in [-0.15, -0.1) is 0 Å². The Morgan fingerprint density at radius 1 is 1.40 bits per heavy atom. The number of benzene rings is 1. The van der Waals surface area contributed by atoms with Crippen molar-refractivity contribution in [2.45, 2.75) is 26.7 Å². The van der Waals surface area contributed by atoms with E-state index in [9.17, 15) is 18.8 Å². The summed E-state index contributed by atoms with van der Waals surface area (Å²) >= 11 is 0. The van der Waals surface area contributed by atoms with Crippen molar-refractivity contribution in [2.75, 3.05) is 25.0 Å². The predicted molar refractivity (Wildman–Crippen MR) is 88.0 cm³/mol. The van der Waals surface area contributed by atoms with Crippen molar-refractivity contribution in [1.29, 1.82) is 0 Å². The molecule has 1 aromatic carbocycles. The molecule has 2 N–H and O–H groups in total. The number of likely N-dealkylation sites (tertiary alicyclic amines) is 1. The van der Waals surface area contributed by atoms with Gasteiger partial charge in [-0.2, -0.15) is 0 Å². The fourth-order valence-corrected chi connectivity index (χ4v) is 2.75. The van der Waals surface area contributed by atoms with Gasteiger partial charge in [-0.25, -0.2) is 14.0 Å². The number of carbonyl (C=O) groups is 3. The summed E-state index contributed by atoms with van der Waals surface area (Å²) in [6.45, 7) is 3.88. The maximum absolute atomic E-state index is 14.1. The number of aliphatic carboxylic acids is 1. The van der Waals surface area contributed by atoms with E-state index in [2.05, 4.69) is 5.32 Å². The number of aryl methyl sites for hydroxylation is 1. The zero-order chi connectivity index (χ0) is 18.6. The summed E-state index contributed by atoms with van der Waals surface area (Å²) in [4.78, 5) is 36.6. The molecule has 0 radical (unpaired) electrons. The van der Waals surface area contributed by atoms with Gasteiger partial charge in [-0.05, 0) is 44.4 Å². The molecule has 0 aromatic heterocycles. The van der Waals surface area contributed by atoms with E-state index >= 15 is 0 Å². The number of urea groups is 1. The number of esters is 1. The molecule has 1 heterocycles. The summed E-state index contributed by atoms with van der Waals surface area (Å²) in [5.74, 6) is -2.86. The molecule has 7 nitrogen and oxygen atoms in total. The number of hydrogen-bond acceptors (Lipinski definition) is 4. The SMILES string of the molecule is CCOC(=O)c1cc(NC(=O)N2CCCC(C(=O)O)C2)c(F)cc1C. The van der Waals surface area contributed by atoms with Crippen LogP contribution in [0.3, 0.4) is 0 Å². The summed E-state index contributed by atoms with van der Waals surface area (Å²) in [5.41, 5.74) is 0.426. The highest BCUT2D eigenvalue weighted by atomic mass is 19.1. The van der Waals surface area contributed by atoms with Crippen LogP contribution in [0.2, 0.25) is 0 Å². The molecule has 0 aliphatic carbocycles. The average molecular weight is 352 g/mol. The molecule has 136 valence electrons. The molecular weight excluding hydrogens is 331 g/mol. The molecule has 1 aromatic rings. The lowest BCUT2D eigenvalue weighted by Crippen LogP contribution is -2.44. The Morgan fingerprint density at radius 2 is 2.12 bits per heavy atom. The van der Waals surface area contributed by atoms with Gasteiger partial charge in [0.1, 0.15) is 5.82 Å². The highest BCUT2D eigenvalue weighted by Gasteiger charge is 2.28. The number of nitrogens with one attached hydrogen (secondary N) is 1. The summed E-state index contributed by atoms with van der Waals surface area (Å²) in [6, 6.07) is 1.79. The van der Waals surface area contributed by atoms with Gasteiger partial charge in [0.05, 0.1) is 23.8 Å². The molecule has 0 bridgehead atoms. The number of hydrogen-bond donors (Lipinski definition) is 2. The third-order valence-electron chi connectivity index (χ3n) is 4.11. The lowest BCUT2D eigenvalue weighted by molar-refractivity contribution is -0.143. The first kappa shape index (κ1) is 18.7. The minimum atomic E-state index is -0.955. The van der Waals surface area contributed by atoms with Crippen molar-refractivity contribution in [3.05, 3.63) is 29.1 Å². The van der Waals surface area contributed by atoms with E-state index in [0.717, 1.165) is 6.07 Å². The van der Waals surface area contributed by atoms with Gasteiger partial charge in [0.25, 0.3) is 0 Å². The molecule has 1 unspecified atom stereocenters. The second kappa shape index (κ2) is 7.96. The van der Waals surface area contributed by atoms with Crippen molar-refractivity contribution in [3.8, 4) is 0 Å². The lowest BCUT2D eigenvalue weighted by Gasteiger charge is -2.30. The zero-order valence-corrected chi connectivity index (χ0v) is 14.2. The minimum absolute atomic E-state index is 0.0688. The Hall–Kier alpha value is -2.64. The van der Waals surface area contributed by atoms with E-state index in [-0.39, 0.29) is 24.4 Å². The van der Waals surface area contributed by atoms with Crippen LogP contribution in [-0.4, -0.2) is 47.7 Å². The van der Waals surface area contributed by atoms with Gasteiger partial charge >= 0.3 is 18.0 Å². The number of ether oxygens (including phenoxy) is 1. The van der Waals surface area contributed by atoms with Crippen LogP contribution in [0.25, 0.3) is 0 Å². The number of carbonyl (C=O) groups excluding carboxylic acids is 2. The van der Waals surface area contributed by atoms with E-state index in [4.69, 9.17) is 9.84 Å². The number of piperidine rings is 1. The van der Waals surface area contributed by atoms with Gasteiger partial charge in [-0.1, -0.05) is 0 Å². The van der Waals surface area contributed by atoms with Crippen LogP contribution in [0.1, 0.15) is 35.7 Å². The second-order valence-corrected chi connectivity index (χ2v) is 5.92. The van der Waals surface area contributed by atoms with Gasteiger partial charge in [0.15, 0.2) is 0 Å². The first-order chi connectivity index (χ1) is 11.8. The number of nitrogens with zero attached hydrogens (tertiary/aromatic N) is 1. The summed E-state index contributed by atoms with van der Waals surface area (Å²) in [6.07, 6.45) is 1.07. The largest absolute Gasteiger partial charge is 0.481 e. The normalized spacial score (nSPS) is 17.1. The van der Waals surface area contributed by atoms with Crippen molar-refractivity contribution in [3.63, 3.8) is 0 Å². The van der Waals surface area contributed by atoms with Crippen LogP contribution in [0.4, 0.5) is 14.9 Å². The monoisotopic (exact) mass is 352 g/mol. The van der Waals surface area contributed by atoms with Crippen LogP contribution in [0, 0.1) is 18.7 Å². The Labute approximate surface area is 144 Å². The smallest absolute Gasteiger partial charge is 0.338 e. The fourth-order valence-electron chi connectivity index (χ4n) is 2.75. The van der Waals surface area contributed by atoms with E-state index in [1.165, 1.54) is 11.0 Å². The van der Waals surface area contributed by atoms with E-state index in [0.29, 0.717) is 24.9 Å². The first-order valence-corrected chi connectivity index (χ1v) is 8.09. The van der Waals surface area contributed by atoms with Crippen LogP contribution in [0.5, 0.6) is 0 Å². The van der Waals surface area contributed by atoms with Crippen LogP contribution >= 0.6 is 0 Å². The van der Waals surface area contributed by atoms with Crippen LogP contribution in [0.15, 0.2) is 12.1 Å². The molecular formula is C17H21FN2O5. The lowest BCUT2D eigenvalue weighted by atomic mass is 9.99. The van der Waals surface area contributed by atoms with Gasteiger partial charge in [0.2, 0.25) is 0 Å².